The molecule has 90 valence electrons. The van der Waals surface area contributed by atoms with E-state index < -0.39 is 0 Å². The lowest BCUT2D eigenvalue weighted by atomic mass is 10.1. The van der Waals surface area contributed by atoms with Crippen LogP contribution in [0, 0.1) is 0 Å². The molecule has 0 aliphatic carbocycles. The number of halogens is 2. The molecule has 1 N–H and O–H groups in total. The van der Waals surface area contributed by atoms with Crippen molar-refractivity contribution in [2.75, 3.05) is 6.54 Å². The van der Waals surface area contributed by atoms with Crippen LogP contribution in [-0.4, -0.2) is 6.54 Å². The van der Waals surface area contributed by atoms with Gasteiger partial charge in [-0.05, 0) is 58.0 Å². The summed E-state index contributed by atoms with van der Waals surface area (Å²) in [4.78, 5) is 1.35. The Morgan fingerprint density at radius 3 is 2.59 bits per heavy atom. The molecule has 0 spiro atoms. The molecule has 1 heterocycles. The van der Waals surface area contributed by atoms with Gasteiger partial charge < -0.3 is 5.32 Å². The van der Waals surface area contributed by atoms with Crippen LogP contribution in [0.4, 0.5) is 0 Å². The molecular formula is C13H13BrClNS. The van der Waals surface area contributed by atoms with E-state index in [0.29, 0.717) is 0 Å². The fraction of sp³-hybridized carbons (Fsp3) is 0.231. The number of nitrogens with one attached hydrogen (secondary N) is 1. The molecule has 4 heteroatoms. The molecule has 0 unspecified atom stereocenters. The third-order valence-corrected chi connectivity index (χ3v) is 4.66. The molecule has 17 heavy (non-hydrogen) atoms. The highest BCUT2D eigenvalue weighted by atomic mass is 79.9. The second-order valence-corrected chi connectivity index (χ2v) is 6.04. The molecule has 0 aliphatic rings. The van der Waals surface area contributed by atoms with Gasteiger partial charge in [-0.1, -0.05) is 23.7 Å². The van der Waals surface area contributed by atoms with Gasteiger partial charge in [0.25, 0.3) is 0 Å². The van der Waals surface area contributed by atoms with Gasteiger partial charge in [0, 0.05) is 20.9 Å². The predicted octanol–water partition coefficient (Wildman–Crippen LogP) is 4.50. The predicted molar refractivity (Wildman–Crippen MR) is 78.9 cm³/mol. The van der Waals surface area contributed by atoms with E-state index >= 15 is 0 Å². The van der Waals surface area contributed by atoms with Crippen molar-refractivity contribution < 1.29 is 0 Å². The summed E-state index contributed by atoms with van der Waals surface area (Å²) in [5.74, 6) is 0. The molecule has 0 fully saturated rings. The van der Waals surface area contributed by atoms with E-state index in [9.17, 15) is 0 Å². The minimum atomic E-state index is 0.796. The van der Waals surface area contributed by atoms with Gasteiger partial charge in [0.15, 0.2) is 0 Å². The highest BCUT2D eigenvalue weighted by Crippen LogP contribution is 2.22. The average Bonchev–Trinajstić information content (AvgIpc) is 2.73. The summed E-state index contributed by atoms with van der Waals surface area (Å²) in [6.45, 7) is 1.90. The maximum atomic E-state index is 5.84. The first-order chi connectivity index (χ1) is 8.25. The van der Waals surface area contributed by atoms with E-state index in [0.717, 1.165) is 24.5 Å². The van der Waals surface area contributed by atoms with Crippen molar-refractivity contribution in [3.05, 3.63) is 55.6 Å². The Morgan fingerprint density at radius 2 is 1.94 bits per heavy atom. The first kappa shape index (κ1) is 13.1. The first-order valence-corrected chi connectivity index (χ1v) is 7.48. The summed E-state index contributed by atoms with van der Waals surface area (Å²) < 4.78 is 1.20. The van der Waals surface area contributed by atoms with Crippen LogP contribution in [0.3, 0.4) is 0 Å². The van der Waals surface area contributed by atoms with Crippen LogP contribution in [0.25, 0.3) is 0 Å². The molecular weight excluding hydrogens is 318 g/mol. The number of rotatable bonds is 5. The number of hydrogen-bond acceptors (Lipinski definition) is 2. The fourth-order valence-electron chi connectivity index (χ4n) is 1.54. The minimum absolute atomic E-state index is 0.796. The van der Waals surface area contributed by atoms with Crippen molar-refractivity contribution in [1.29, 1.82) is 0 Å². The van der Waals surface area contributed by atoms with Crippen LogP contribution in [0.2, 0.25) is 5.02 Å². The first-order valence-electron chi connectivity index (χ1n) is 5.43. The Hall–Kier alpha value is -0.350. The average molecular weight is 331 g/mol. The molecule has 0 aliphatic heterocycles. The molecule has 0 atom stereocenters. The Kier molecular flexibility index (Phi) is 5.04. The van der Waals surface area contributed by atoms with Crippen LogP contribution >= 0.6 is 38.9 Å². The van der Waals surface area contributed by atoms with E-state index in [1.807, 2.05) is 12.1 Å². The van der Waals surface area contributed by atoms with E-state index in [1.165, 1.54) is 14.9 Å². The standard InChI is InChI=1S/C13H13BrClNS/c14-12-6-8-17-13(12)9-16-7-5-10-1-3-11(15)4-2-10/h1-4,6,8,16H,5,7,9H2. The monoisotopic (exact) mass is 329 g/mol. The van der Waals surface area contributed by atoms with Crippen molar-refractivity contribution in [2.24, 2.45) is 0 Å². The van der Waals surface area contributed by atoms with E-state index in [-0.39, 0.29) is 0 Å². The third-order valence-electron chi connectivity index (χ3n) is 2.48. The molecule has 0 saturated heterocycles. The smallest absolute Gasteiger partial charge is 0.0406 e. The summed E-state index contributed by atoms with van der Waals surface area (Å²) in [6.07, 6.45) is 1.03. The fourth-order valence-corrected chi connectivity index (χ4v) is 3.13. The van der Waals surface area contributed by atoms with Gasteiger partial charge in [0.2, 0.25) is 0 Å². The van der Waals surface area contributed by atoms with Crippen LogP contribution in [-0.2, 0) is 13.0 Å². The van der Waals surface area contributed by atoms with E-state index in [1.54, 1.807) is 11.3 Å². The molecule has 1 aromatic heterocycles. The van der Waals surface area contributed by atoms with Gasteiger partial charge in [-0.15, -0.1) is 11.3 Å². The lowest BCUT2D eigenvalue weighted by molar-refractivity contribution is 0.692. The second kappa shape index (κ2) is 6.55. The Bertz CT molecular complexity index is 467. The Labute approximate surface area is 119 Å². The van der Waals surface area contributed by atoms with Crippen molar-refractivity contribution in [1.82, 2.24) is 5.32 Å². The SMILES string of the molecule is Clc1ccc(CCNCc2sccc2Br)cc1. The van der Waals surface area contributed by atoms with E-state index in [2.05, 4.69) is 44.8 Å². The lowest BCUT2D eigenvalue weighted by Gasteiger charge is -2.04. The normalized spacial score (nSPS) is 10.7. The summed E-state index contributed by atoms with van der Waals surface area (Å²) in [6, 6.07) is 10.1. The Morgan fingerprint density at radius 1 is 1.18 bits per heavy atom. The molecule has 0 radical (unpaired) electrons. The van der Waals surface area contributed by atoms with Gasteiger partial charge in [-0.3, -0.25) is 0 Å². The molecule has 0 saturated carbocycles. The van der Waals surface area contributed by atoms with Gasteiger partial charge in [0.05, 0.1) is 0 Å². The third kappa shape index (κ3) is 4.11. The number of benzene rings is 1. The maximum absolute atomic E-state index is 5.84. The highest BCUT2D eigenvalue weighted by Gasteiger charge is 2.00. The minimum Gasteiger partial charge on any atom is -0.311 e. The van der Waals surface area contributed by atoms with Crippen molar-refractivity contribution in [3.8, 4) is 0 Å². The topological polar surface area (TPSA) is 12.0 Å². The van der Waals surface area contributed by atoms with Gasteiger partial charge >= 0.3 is 0 Å². The summed E-state index contributed by atoms with van der Waals surface area (Å²) in [5.41, 5.74) is 1.31. The van der Waals surface area contributed by atoms with Gasteiger partial charge in [-0.25, -0.2) is 0 Å². The van der Waals surface area contributed by atoms with Crippen LogP contribution in [0.15, 0.2) is 40.2 Å². The zero-order chi connectivity index (χ0) is 12.1. The Balaban J connectivity index is 1.73. The summed E-state index contributed by atoms with van der Waals surface area (Å²) in [7, 11) is 0. The van der Waals surface area contributed by atoms with Gasteiger partial charge in [0.1, 0.15) is 0 Å². The number of hydrogen-bond donors (Lipinski definition) is 1. The lowest BCUT2D eigenvalue weighted by Crippen LogP contribution is -2.16. The van der Waals surface area contributed by atoms with E-state index in [4.69, 9.17) is 11.6 Å². The highest BCUT2D eigenvalue weighted by molar-refractivity contribution is 9.10. The molecule has 1 aromatic carbocycles. The van der Waals surface area contributed by atoms with Crippen molar-refractivity contribution in [2.45, 2.75) is 13.0 Å². The second-order valence-electron chi connectivity index (χ2n) is 3.74. The van der Waals surface area contributed by atoms with Crippen LogP contribution < -0.4 is 5.32 Å². The molecule has 1 nitrogen and oxygen atoms in total. The van der Waals surface area contributed by atoms with Crippen molar-refractivity contribution in [3.63, 3.8) is 0 Å². The zero-order valence-electron chi connectivity index (χ0n) is 9.25. The van der Waals surface area contributed by atoms with Gasteiger partial charge in [-0.2, -0.15) is 0 Å². The number of thiophene rings is 1. The van der Waals surface area contributed by atoms with Crippen LogP contribution in [0.5, 0.6) is 0 Å². The van der Waals surface area contributed by atoms with Crippen LogP contribution in [0.1, 0.15) is 10.4 Å². The largest absolute Gasteiger partial charge is 0.311 e. The molecule has 0 bridgehead atoms. The zero-order valence-corrected chi connectivity index (χ0v) is 12.4. The quantitative estimate of drug-likeness (QED) is 0.796. The summed E-state index contributed by atoms with van der Waals surface area (Å²) in [5, 5.41) is 6.33. The molecule has 0 amide bonds. The van der Waals surface area contributed by atoms with Crippen molar-refractivity contribution >= 4 is 38.9 Å². The summed E-state index contributed by atoms with van der Waals surface area (Å²) >= 11 is 11.1. The maximum Gasteiger partial charge on any atom is 0.0406 e. The molecule has 2 aromatic rings. The molecule has 2 rings (SSSR count).